The summed E-state index contributed by atoms with van der Waals surface area (Å²) in [4.78, 5) is -0.297. The van der Waals surface area contributed by atoms with Crippen molar-refractivity contribution < 1.29 is 86.7 Å². The Labute approximate surface area is 244 Å². The number of aryl methyl sites for hydroxylation is 1. The molecule has 260 valence electrons. The van der Waals surface area contributed by atoms with Gasteiger partial charge in [-0.25, -0.2) is 3.63 Å². The highest BCUT2D eigenvalue weighted by atomic mass is 32.3. The summed E-state index contributed by atoms with van der Waals surface area (Å²) in [5.74, 6) is -53.4. The lowest BCUT2D eigenvalue weighted by atomic mass is 9.91. The molecular formula is C23H19F17O3S2. The fourth-order valence-corrected chi connectivity index (χ4v) is 9.06. The molecule has 0 aromatic heterocycles. The van der Waals surface area contributed by atoms with Crippen LogP contribution in [-0.2, 0) is 13.7 Å². The lowest BCUT2D eigenvalue weighted by Crippen LogP contribution is -2.75. The number of hydrogen-bond acceptors (Lipinski definition) is 3. The van der Waals surface area contributed by atoms with Crippen LogP contribution in [0.5, 0.6) is 0 Å². The smallest absolute Gasteiger partial charge is 0.211 e. The number of fused-ring (bicyclic) bond motifs is 1. The van der Waals surface area contributed by atoms with Crippen molar-refractivity contribution in [3.05, 3.63) is 42.0 Å². The fraction of sp³-hybridized carbons (Fsp3) is 0.565. The van der Waals surface area contributed by atoms with E-state index >= 15 is 0 Å². The molecule has 0 saturated carbocycles. The van der Waals surface area contributed by atoms with Crippen molar-refractivity contribution in [3.63, 3.8) is 0 Å². The van der Waals surface area contributed by atoms with E-state index in [0.717, 1.165) is 19.9 Å². The van der Waals surface area contributed by atoms with Gasteiger partial charge in [-0.3, -0.25) is 0 Å². The minimum Gasteiger partial charge on any atom is -0.211 e. The second kappa shape index (κ2) is 11.2. The summed E-state index contributed by atoms with van der Waals surface area (Å²) in [6.07, 6.45) is -7.90. The summed E-state index contributed by atoms with van der Waals surface area (Å²) in [6, 6.07) is 7.80. The molecule has 2 rings (SSSR count). The maximum Gasteiger partial charge on any atom is 0.460 e. The Morgan fingerprint density at radius 3 is 1.33 bits per heavy atom. The Bertz CT molecular complexity index is 1510. The normalized spacial score (nSPS) is 15.9. The third-order valence-electron chi connectivity index (χ3n) is 6.66. The van der Waals surface area contributed by atoms with Crippen molar-refractivity contribution in [2.24, 2.45) is 0 Å². The van der Waals surface area contributed by atoms with Crippen molar-refractivity contribution in [3.8, 4) is 0 Å². The topological polar surface area (TPSA) is 43.4 Å². The second-order valence-electron chi connectivity index (χ2n) is 9.30. The van der Waals surface area contributed by atoms with E-state index in [0.29, 0.717) is 10.9 Å². The van der Waals surface area contributed by atoms with Gasteiger partial charge >= 0.3 is 57.1 Å². The van der Waals surface area contributed by atoms with Gasteiger partial charge in [0, 0.05) is 16.4 Å². The van der Waals surface area contributed by atoms with Crippen LogP contribution >= 0.6 is 10.3 Å². The lowest BCUT2D eigenvalue weighted by Gasteiger charge is -2.43. The summed E-state index contributed by atoms with van der Waals surface area (Å²) in [5, 5.41) is -7.39. The van der Waals surface area contributed by atoms with Gasteiger partial charge in [-0.2, -0.15) is 83.1 Å². The number of rotatable bonds is 12. The Kier molecular flexibility index (Phi) is 9.69. The average molecular weight is 731 g/mol. The van der Waals surface area contributed by atoms with Crippen LogP contribution in [0, 0.1) is 6.92 Å². The molecule has 0 amide bonds. The first-order valence-electron chi connectivity index (χ1n) is 11.8. The molecule has 0 aliphatic heterocycles. The van der Waals surface area contributed by atoms with Gasteiger partial charge < -0.3 is 0 Å². The molecule has 2 aromatic carbocycles. The third-order valence-corrected chi connectivity index (χ3v) is 12.3. The molecule has 2 aromatic rings. The minimum atomic E-state index is -8.91. The van der Waals surface area contributed by atoms with Crippen LogP contribution in [0.4, 0.5) is 74.6 Å². The molecular weight excluding hydrogens is 711 g/mol. The molecule has 0 aliphatic rings. The van der Waals surface area contributed by atoms with Crippen molar-refractivity contribution in [2.45, 2.75) is 72.6 Å². The summed E-state index contributed by atoms with van der Waals surface area (Å²) in [5.41, 5.74) is 0.477. The zero-order chi connectivity index (χ0) is 35.7. The summed E-state index contributed by atoms with van der Waals surface area (Å²) >= 11 is 0. The molecule has 0 bridgehead atoms. The van der Waals surface area contributed by atoms with Gasteiger partial charge in [-0.15, -0.1) is 0 Å². The monoisotopic (exact) mass is 730 g/mol. The van der Waals surface area contributed by atoms with E-state index in [1.807, 2.05) is 0 Å². The largest absolute Gasteiger partial charge is 0.460 e. The summed E-state index contributed by atoms with van der Waals surface area (Å²) < 4.78 is 262. The summed E-state index contributed by atoms with van der Waals surface area (Å²) in [6.45, 7) is 3.58. The zero-order valence-corrected chi connectivity index (χ0v) is 24.0. The number of benzene rings is 2. The first-order valence-corrected chi connectivity index (χ1v) is 15.1. The minimum absolute atomic E-state index is 0.0470. The second-order valence-corrected chi connectivity index (χ2v) is 14.5. The molecule has 0 N–H and O–H groups in total. The average Bonchev–Trinajstić information content (AvgIpc) is 2.90. The molecule has 0 fully saturated rings. The molecule has 0 saturated heterocycles. The SMILES string of the molecule is CCS(CC)(OS(=O)(=O)C(F)(F)C(F)(F)C(F)(F)C(F)(F)C(F)(F)C(F)(F)C(F)(F)C(F)(F)F)c1ccc(C)c2ccccc12. The standard InChI is InChI=1S/C23H19F17O3S2/c1-4-44(5-2,15-11-10-12(3)13-8-6-7-9-14(13)15)43-45(41,42)23(39,40)21(34,35)19(30,31)17(26,27)16(24,25)18(28,29)20(32,33)22(36,37)38/h6-11H,4-5H2,1-3H3. The number of alkyl halides is 17. The Balaban J connectivity index is 2.76. The molecule has 45 heavy (non-hydrogen) atoms. The van der Waals surface area contributed by atoms with Crippen molar-refractivity contribution in [1.82, 2.24) is 0 Å². The highest BCUT2D eigenvalue weighted by Crippen LogP contribution is 2.66. The first-order chi connectivity index (χ1) is 19.8. The third kappa shape index (κ3) is 5.29. The lowest BCUT2D eigenvalue weighted by molar-refractivity contribution is -0.458. The van der Waals surface area contributed by atoms with Crippen molar-refractivity contribution in [1.29, 1.82) is 0 Å². The predicted molar refractivity (Wildman–Crippen MR) is 126 cm³/mol. The highest BCUT2D eigenvalue weighted by molar-refractivity contribution is 8.33. The van der Waals surface area contributed by atoms with Gasteiger partial charge in [-0.05, 0) is 29.3 Å². The van der Waals surface area contributed by atoms with Gasteiger partial charge in [0.2, 0.25) is 0 Å². The van der Waals surface area contributed by atoms with E-state index < -0.39 is 78.9 Å². The fourth-order valence-electron chi connectivity index (χ4n) is 3.92. The van der Waals surface area contributed by atoms with Gasteiger partial charge in [0.05, 0.1) is 0 Å². The Morgan fingerprint density at radius 1 is 0.556 bits per heavy atom. The van der Waals surface area contributed by atoms with Crippen molar-refractivity contribution >= 4 is 31.2 Å². The van der Waals surface area contributed by atoms with Crippen LogP contribution in [0.1, 0.15) is 19.4 Å². The summed E-state index contributed by atoms with van der Waals surface area (Å²) in [7, 11) is -11.6. The quantitative estimate of drug-likeness (QED) is 0.205. The molecule has 0 atom stereocenters. The van der Waals surface area contributed by atoms with E-state index in [2.05, 4.69) is 3.63 Å². The van der Waals surface area contributed by atoms with Crippen LogP contribution in [0.3, 0.4) is 0 Å². The Morgan fingerprint density at radius 2 is 0.933 bits per heavy atom. The maximum atomic E-state index is 14.8. The van der Waals surface area contributed by atoms with E-state index in [-0.39, 0.29) is 10.3 Å². The van der Waals surface area contributed by atoms with Crippen LogP contribution < -0.4 is 0 Å². The van der Waals surface area contributed by atoms with Gasteiger partial charge in [-0.1, -0.05) is 54.5 Å². The number of hydrogen-bond donors (Lipinski definition) is 0. The molecule has 3 nitrogen and oxygen atoms in total. The van der Waals surface area contributed by atoms with E-state index in [1.165, 1.54) is 37.3 Å². The molecule has 0 heterocycles. The first kappa shape index (κ1) is 39.0. The molecule has 22 heteroatoms. The number of halogens is 17. The maximum absolute atomic E-state index is 14.8. The van der Waals surface area contributed by atoms with Crippen LogP contribution in [0.2, 0.25) is 0 Å². The molecule has 0 radical (unpaired) electrons. The van der Waals surface area contributed by atoms with Crippen molar-refractivity contribution in [2.75, 3.05) is 11.5 Å². The van der Waals surface area contributed by atoms with Crippen LogP contribution in [0.15, 0.2) is 41.3 Å². The van der Waals surface area contributed by atoms with E-state index in [1.54, 1.807) is 0 Å². The van der Waals surface area contributed by atoms with Crippen LogP contribution in [-0.4, -0.2) is 66.9 Å². The van der Waals surface area contributed by atoms with Crippen LogP contribution in [0.25, 0.3) is 10.8 Å². The molecule has 0 unspecified atom stereocenters. The van der Waals surface area contributed by atoms with E-state index in [9.17, 15) is 83.1 Å². The van der Waals surface area contributed by atoms with Gasteiger partial charge in [0.25, 0.3) is 0 Å². The van der Waals surface area contributed by atoms with Gasteiger partial charge in [0.15, 0.2) is 0 Å². The van der Waals surface area contributed by atoms with E-state index in [4.69, 9.17) is 0 Å². The van der Waals surface area contributed by atoms with Gasteiger partial charge in [0.1, 0.15) is 0 Å². The molecule has 0 spiro atoms. The molecule has 0 aliphatic carbocycles. The zero-order valence-electron chi connectivity index (χ0n) is 22.3. The Hall–Kier alpha value is -2.23. The highest BCUT2D eigenvalue weighted by Gasteiger charge is 2.96. The predicted octanol–water partition coefficient (Wildman–Crippen LogP) is 9.58.